The van der Waals surface area contributed by atoms with Crippen molar-refractivity contribution in [2.45, 2.75) is 33.6 Å². The smallest absolute Gasteiger partial charge is 0.258 e. The molecule has 2 heterocycles. The fourth-order valence-corrected chi connectivity index (χ4v) is 2.14. The summed E-state index contributed by atoms with van der Waals surface area (Å²) < 4.78 is 1.48. The molecule has 0 unspecified atom stereocenters. The first-order valence-corrected chi connectivity index (χ1v) is 7.29. The highest BCUT2D eigenvalue weighted by Gasteiger charge is 2.15. The molecule has 0 aliphatic carbocycles. The third-order valence-corrected chi connectivity index (χ3v) is 3.55. The second-order valence-corrected chi connectivity index (χ2v) is 4.85. The lowest BCUT2D eigenvalue weighted by molar-refractivity contribution is 0.482. The average molecular weight is 290 g/mol. The molecule has 0 amide bonds. The van der Waals surface area contributed by atoms with E-state index in [0.717, 1.165) is 25.9 Å². The number of nitrogens with zero attached hydrogens (tertiary/aromatic N) is 7. The predicted octanol–water partition coefficient (Wildman–Crippen LogP) is 1.30. The molecule has 0 atom stereocenters. The quantitative estimate of drug-likeness (QED) is 0.820. The molecule has 2 aromatic heterocycles. The lowest BCUT2D eigenvalue weighted by Gasteiger charge is -2.25. The lowest BCUT2D eigenvalue weighted by Crippen LogP contribution is -2.31. The fraction of sp³-hybridized carbons (Fsp3) is 0.615. The van der Waals surface area contributed by atoms with E-state index in [1.165, 1.54) is 17.3 Å². The van der Waals surface area contributed by atoms with Gasteiger partial charge in [0, 0.05) is 13.1 Å². The number of rotatable bonds is 7. The highest BCUT2D eigenvalue weighted by Crippen LogP contribution is 2.16. The van der Waals surface area contributed by atoms with Crippen LogP contribution in [0.25, 0.3) is 5.95 Å². The van der Waals surface area contributed by atoms with Gasteiger partial charge in [-0.25, -0.2) is 4.98 Å². The minimum absolute atomic E-state index is 0.188. The highest BCUT2D eigenvalue weighted by molar-refractivity contribution is 5.37. The molecule has 0 radical (unpaired) electrons. The molecule has 0 bridgehead atoms. The average Bonchev–Trinajstić information content (AvgIpc) is 3.02. The first-order valence-electron chi connectivity index (χ1n) is 7.29. The van der Waals surface area contributed by atoms with Crippen LogP contribution in [0.5, 0.6) is 0 Å². The second-order valence-electron chi connectivity index (χ2n) is 4.85. The van der Waals surface area contributed by atoms with Crippen LogP contribution in [0.3, 0.4) is 0 Å². The molecule has 0 aliphatic rings. The normalized spacial score (nSPS) is 11.0. The Balaban J connectivity index is 2.29. The van der Waals surface area contributed by atoms with Crippen molar-refractivity contribution in [1.82, 2.24) is 29.7 Å². The molecule has 0 saturated carbocycles. The van der Waals surface area contributed by atoms with Gasteiger partial charge in [-0.05, 0) is 12.8 Å². The van der Waals surface area contributed by atoms with Crippen molar-refractivity contribution in [3.05, 3.63) is 12.7 Å². The number of anilines is 2. The van der Waals surface area contributed by atoms with E-state index < -0.39 is 0 Å². The molecule has 0 aliphatic heterocycles. The van der Waals surface area contributed by atoms with Gasteiger partial charge in [0.15, 0.2) is 0 Å². The summed E-state index contributed by atoms with van der Waals surface area (Å²) in [5.74, 6) is 1.77. The molecular formula is C13H22N8. The third-order valence-electron chi connectivity index (χ3n) is 3.55. The Bertz CT molecular complexity index is 549. The fourth-order valence-electron chi connectivity index (χ4n) is 2.14. The van der Waals surface area contributed by atoms with Gasteiger partial charge in [-0.15, -0.1) is 0 Å². The summed E-state index contributed by atoms with van der Waals surface area (Å²) in [6, 6.07) is 0. The van der Waals surface area contributed by atoms with Crippen LogP contribution in [0, 0.1) is 5.92 Å². The maximum absolute atomic E-state index is 5.80. The van der Waals surface area contributed by atoms with Gasteiger partial charge in [-0.1, -0.05) is 26.7 Å². The summed E-state index contributed by atoms with van der Waals surface area (Å²) in [6.07, 6.45) is 5.23. The number of aromatic nitrogens is 6. The molecule has 0 fully saturated rings. The topological polar surface area (TPSA) is 98.6 Å². The monoisotopic (exact) mass is 290 g/mol. The predicted molar refractivity (Wildman–Crippen MR) is 81.1 cm³/mol. The molecule has 0 spiro atoms. The van der Waals surface area contributed by atoms with Crippen molar-refractivity contribution >= 4 is 11.9 Å². The molecule has 21 heavy (non-hydrogen) atoms. The van der Waals surface area contributed by atoms with E-state index in [9.17, 15) is 0 Å². The number of hydrogen-bond acceptors (Lipinski definition) is 7. The zero-order valence-corrected chi connectivity index (χ0v) is 12.8. The number of nitrogens with two attached hydrogens (primary N) is 1. The van der Waals surface area contributed by atoms with E-state index in [2.05, 4.69) is 50.7 Å². The van der Waals surface area contributed by atoms with Gasteiger partial charge in [0.1, 0.15) is 12.7 Å². The SMILES string of the molecule is CCC(CC)CN(CC)c1nc(N)nc(-n2cncn2)n1. The minimum atomic E-state index is 0.188. The molecule has 0 saturated heterocycles. The van der Waals surface area contributed by atoms with Gasteiger partial charge in [0.05, 0.1) is 0 Å². The summed E-state index contributed by atoms with van der Waals surface area (Å²) in [6.45, 7) is 8.20. The van der Waals surface area contributed by atoms with Crippen molar-refractivity contribution in [2.75, 3.05) is 23.7 Å². The second kappa shape index (κ2) is 6.96. The van der Waals surface area contributed by atoms with Crippen LogP contribution in [0.1, 0.15) is 33.6 Å². The Morgan fingerprint density at radius 3 is 2.52 bits per heavy atom. The van der Waals surface area contributed by atoms with Gasteiger partial charge in [-0.3, -0.25) is 0 Å². The summed E-state index contributed by atoms with van der Waals surface area (Å²) in [5, 5.41) is 4.03. The molecule has 2 aromatic rings. The largest absolute Gasteiger partial charge is 0.368 e. The number of nitrogen functional groups attached to an aromatic ring is 1. The molecular weight excluding hydrogens is 268 g/mol. The van der Waals surface area contributed by atoms with E-state index >= 15 is 0 Å². The van der Waals surface area contributed by atoms with Gasteiger partial charge in [0.25, 0.3) is 5.95 Å². The Hall–Kier alpha value is -2.25. The van der Waals surface area contributed by atoms with Crippen LogP contribution in [0.15, 0.2) is 12.7 Å². The zero-order valence-electron chi connectivity index (χ0n) is 12.8. The van der Waals surface area contributed by atoms with Crippen molar-refractivity contribution in [3.8, 4) is 5.95 Å². The molecule has 8 heteroatoms. The third kappa shape index (κ3) is 3.65. The minimum Gasteiger partial charge on any atom is -0.368 e. The van der Waals surface area contributed by atoms with Crippen molar-refractivity contribution < 1.29 is 0 Å². The maximum atomic E-state index is 5.80. The molecule has 8 nitrogen and oxygen atoms in total. The van der Waals surface area contributed by atoms with Crippen molar-refractivity contribution in [1.29, 1.82) is 0 Å². The summed E-state index contributed by atoms with van der Waals surface area (Å²) in [4.78, 5) is 18.8. The van der Waals surface area contributed by atoms with Gasteiger partial charge in [-0.2, -0.15) is 24.7 Å². The van der Waals surface area contributed by atoms with Crippen LogP contribution in [0.4, 0.5) is 11.9 Å². The van der Waals surface area contributed by atoms with Crippen LogP contribution < -0.4 is 10.6 Å². The lowest BCUT2D eigenvalue weighted by atomic mass is 10.0. The highest BCUT2D eigenvalue weighted by atomic mass is 15.4. The van der Waals surface area contributed by atoms with Crippen LogP contribution in [0.2, 0.25) is 0 Å². The summed E-state index contributed by atoms with van der Waals surface area (Å²) in [5.41, 5.74) is 5.80. The van der Waals surface area contributed by atoms with Gasteiger partial charge >= 0.3 is 0 Å². The maximum Gasteiger partial charge on any atom is 0.258 e. The van der Waals surface area contributed by atoms with Gasteiger partial charge in [0.2, 0.25) is 11.9 Å². The molecule has 114 valence electrons. The van der Waals surface area contributed by atoms with E-state index in [4.69, 9.17) is 5.73 Å². The zero-order chi connectivity index (χ0) is 15.2. The molecule has 0 aromatic carbocycles. The molecule has 2 rings (SSSR count). The van der Waals surface area contributed by atoms with Crippen LogP contribution >= 0.6 is 0 Å². The Morgan fingerprint density at radius 2 is 1.95 bits per heavy atom. The Kier molecular flexibility index (Phi) is 5.02. The van der Waals surface area contributed by atoms with Crippen LogP contribution in [-0.2, 0) is 0 Å². The summed E-state index contributed by atoms with van der Waals surface area (Å²) in [7, 11) is 0. The van der Waals surface area contributed by atoms with E-state index in [1.807, 2.05) is 0 Å². The van der Waals surface area contributed by atoms with Gasteiger partial charge < -0.3 is 10.6 Å². The first kappa shape index (κ1) is 15.1. The van der Waals surface area contributed by atoms with E-state index in [1.54, 1.807) is 0 Å². The molecule has 2 N–H and O–H groups in total. The van der Waals surface area contributed by atoms with Crippen molar-refractivity contribution in [2.24, 2.45) is 5.92 Å². The first-order chi connectivity index (χ1) is 10.2. The standard InChI is InChI=1S/C13H22N8/c1-4-10(5-2)7-20(6-3)12-17-11(14)18-13(19-12)21-9-15-8-16-21/h8-10H,4-7H2,1-3H3,(H2,14,17,18,19). The summed E-state index contributed by atoms with van der Waals surface area (Å²) >= 11 is 0. The Labute approximate surface area is 124 Å². The van der Waals surface area contributed by atoms with E-state index in [-0.39, 0.29) is 5.95 Å². The Morgan fingerprint density at radius 1 is 1.19 bits per heavy atom. The van der Waals surface area contributed by atoms with E-state index in [0.29, 0.717) is 17.8 Å². The van der Waals surface area contributed by atoms with Crippen molar-refractivity contribution in [3.63, 3.8) is 0 Å². The van der Waals surface area contributed by atoms with Crippen LogP contribution in [-0.4, -0.2) is 42.8 Å². The number of hydrogen-bond donors (Lipinski definition) is 1.